The molecule has 1 aliphatic rings. The summed E-state index contributed by atoms with van der Waals surface area (Å²) in [4.78, 5) is 17.8. The fourth-order valence-electron chi connectivity index (χ4n) is 4.30. The number of hydrogen-bond donors (Lipinski definition) is 3. The zero-order chi connectivity index (χ0) is 29.2. The van der Waals surface area contributed by atoms with Crippen LogP contribution in [0.5, 0.6) is 5.75 Å². The molecule has 0 aliphatic carbocycles. The minimum atomic E-state index is -3.59. The van der Waals surface area contributed by atoms with E-state index in [-0.39, 0.29) is 28.8 Å². The number of carbonyl (C=O) groups is 1. The summed E-state index contributed by atoms with van der Waals surface area (Å²) in [6, 6.07) is 12.6. The number of pyridine rings is 1. The van der Waals surface area contributed by atoms with Gasteiger partial charge < -0.3 is 15.4 Å². The summed E-state index contributed by atoms with van der Waals surface area (Å²) >= 11 is 0. The van der Waals surface area contributed by atoms with Crippen LogP contribution in [-0.4, -0.2) is 46.3 Å². The van der Waals surface area contributed by atoms with Crippen LogP contribution in [0.1, 0.15) is 53.9 Å². The first-order valence-corrected chi connectivity index (χ1v) is 14.6. The lowest BCUT2D eigenvalue weighted by molar-refractivity contribution is 0.102. The van der Waals surface area contributed by atoms with Crippen molar-refractivity contribution in [1.82, 2.24) is 4.98 Å². The Morgan fingerprint density at radius 2 is 1.82 bits per heavy atom. The maximum absolute atomic E-state index is 13.5. The molecule has 0 radical (unpaired) electrons. The first kappa shape index (κ1) is 28.8. The lowest BCUT2D eigenvalue weighted by atomic mass is 9.86. The summed E-state index contributed by atoms with van der Waals surface area (Å²) in [5, 5.41) is 16.5. The molecule has 11 nitrogen and oxygen atoms in total. The molecule has 0 bridgehead atoms. The standard InChI is InChI=1S/C28H35N7O4S/c1-17-8-9-18(12-24(17)35-16-23(32-34-35)19-10-11-25(29-5)30-15-19)27(36)31-21-13-20(28(2,3)4)14-22(26(21)39-6)33-40(7,37)38/h8-15,23,33H,16H2,1-7H3,(H,29,30)(H,31,36). The van der Waals surface area contributed by atoms with Crippen molar-refractivity contribution in [2.45, 2.75) is 39.2 Å². The number of carbonyl (C=O) groups excluding carboxylic acids is 1. The fraction of sp³-hybridized carbons (Fsp3) is 0.357. The third-order valence-corrected chi connectivity index (χ3v) is 7.11. The molecule has 1 unspecified atom stereocenters. The van der Waals surface area contributed by atoms with Crippen LogP contribution in [-0.2, 0) is 15.4 Å². The third-order valence-electron chi connectivity index (χ3n) is 6.52. The van der Waals surface area contributed by atoms with Gasteiger partial charge in [-0.3, -0.25) is 9.52 Å². The quantitative estimate of drug-likeness (QED) is 0.337. The Labute approximate surface area is 235 Å². The van der Waals surface area contributed by atoms with Gasteiger partial charge in [-0.25, -0.2) is 18.4 Å². The summed E-state index contributed by atoms with van der Waals surface area (Å²) in [5.41, 5.74) is 4.14. The van der Waals surface area contributed by atoms with Gasteiger partial charge in [0.2, 0.25) is 10.0 Å². The normalized spacial score (nSPS) is 15.2. The molecule has 0 fully saturated rings. The molecule has 2 aromatic carbocycles. The minimum Gasteiger partial charge on any atom is -0.492 e. The number of nitrogens with one attached hydrogen (secondary N) is 3. The number of hydrogen-bond acceptors (Lipinski definition) is 9. The van der Waals surface area contributed by atoms with E-state index in [0.29, 0.717) is 17.8 Å². The van der Waals surface area contributed by atoms with Crippen molar-refractivity contribution in [3.63, 3.8) is 0 Å². The number of sulfonamides is 1. The van der Waals surface area contributed by atoms with E-state index in [1.54, 1.807) is 35.5 Å². The first-order chi connectivity index (χ1) is 18.8. The Bertz CT molecular complexity index is 1550. The molecule has 1 atom stereocenters. The highest BCUT2D eigenvalue weighted by Crippen LogP contribution is 2.39. The van der Waals surface area contributed by atoms with Gasteiger partial charge in [0.1, 0.15) is 11.9 Å². The Kier molecular flexibility index (Phi) is 8.01. The van der Waals surface area contributed by atoms with E-state index in [4.69, 9.17) is 4.74 Å². The van der Waals surface area contributed by atoms with Gasteiger partial charge in [-0.2, -0.15) is 5.11 Å². The maximum Gasteiger partial charge on any atom is 0.255 e. The van der Waals surface area contributed by atoms with Gasteiger partial charge in [-0.1, -0.05) is 38.1 Å². The number of methoxy groups -OCH3 is 1. The molecule has 3 N–H and O–H groups in total. The molecular formula is C28H35N7O4S. The SMILES string of the molecule is CNc1ccc(C2CN(c3cc(C(=O)Nc4cc(C(C)(C)C)cc(NS(C)(=O)=O)c4OC)ccc3C)N=N2)cn1. The molecule has 12 heteroatoms. The monoisotopic (exact) mass is 565 g/mol. The number of aryl methyl sites for hydroxylation is 1. The van der Waals surface area contributed by atoms with Crippen LogP contribution >= 0.6 is 0 Å². The molecule has 2 heterocycles. The highest BCUT2D eigenvalue weighted by atomic mass is 32.2. The predicted octanol–water partition coefficient (Wildman–Crippen LogP) is 5.29. The maximum atomic E-state index is 13.5. The van der Waals surface area contributed by atoms with E-state index in [1.807, 2.05) is 52.9 Å². The van der Waals surface area contributed by atoms with Crippen molar-refractivity contribution in [2.75, 3.05) is 47.3 Å². The van der Waals surface area contributed by atoms with Crippen molar-refractivity contribution >= 4 is 38.8 Å². The van der Waals surface area contributed by atoms with Gasteiger partial charge in [-0.15, -0.1) is 0 Å². The minimum absolute atomic E-state index is 0.180. The van der Waals surface area contributed by atoms with Crippen LogP contribution in [0, 0.1) is 6.92 Å². The fourth-order valence-corrected chi connectivity index (χ4v) is 4.85. The van der Waals surface area contributed by atoms with Crippen molar-refractivity contribution in [2.24, 2.45) is 10.3 Å². The van der Waals surface area contributed by atoms with Crippen LogP contribution in [0.3, 0.4) is 0 Å². The van der Waals surface area contributed by atoms with E-state index < -0.39 is 10.0 Å². The molecule has 3 aromatic rings. The average Bonchev–Trinajstić information content (AvgIpc) is 3.37. The Balaban J connectivity index is 1.61. The van der Waals surface area contributed by atoms with Crippen LogP contribution < -0.4 is 25.1 Å². The number of amides is 1. The second kappa shape index (κ2) is 11.1. The molecule has 0 saturated heterocycles. The van der Waals surface area contributed by atoms with Crippen molar-refractivity contribution in [3.8, 4) is 5.75 Å². The van der Waals surface area contributed by atoms with Gasteiger partial charge >= 0.3 is 0 Å². The average molecular weight is 566 g/mol. The summed E-state index contributed by atoms with van der Waals surface area (Å²) in [6.45, 7) is 8.45. The van der Waals surface area contributed by atoms with E-state index in [0.717, 1.165) is 34.5 Å². The summed E-state index contributed by atoms with van der Waals surface area (Å²) in [5.74, 6) is 0.609. The van der Waals surface area contributed by atoms with Gasteiger partial charge in [0, 0.05) is 18.8 Å². The van der Waals surface area contributed by atoms with Gasteiger partial charge in [0.05, 0.1) is 37.0 Å². The molecule has 0 spiro atoms. The van der Waals surface area contributed by atoms with Gasteiger partial charge in [-0.05, 0) is 59.4 Å². The topological polar surface area (TPSA) is 137 Å². The molecule has 4 rings (SSSR count). The zero-order valence-electron chi connectivity index (χ0n) is 23.7. The Morgan fingerprint density at radius 1 is 1.10 bits per heavy atom. The van der Waals surface area contributed by atoms with Crippen molar-refractivity contribution in [3.05, 3.63) is 70.9 Å². The number of ether oxygens (including phenoxy) is 1. The molecular weight excluding hydrogens is 530 g/mol. The Hall–Kier alpha value is -4.19. The summed E-state index contributed by atoms with van der Waals surface area (Å²) in [6.07, 6.45) is 2.85. The molecule has 0 saturated carbocycles. The van der Waals surface area contributed by atoms with Crippen molar-refractivity contribution in [1.29, 1.82) is 0 Å². The highest BCUT2D eigenvalue weighted by molar-refractivity contribution is 7.92. The van der Waals surface area contributed by atoms with Gasteiger partial charge in [0.25, 0.3) is 5.91 Å². The number of benzene rings is 2. The van der Waals surface area contributed by atoms with E-state index in [2.05, 4.69) is 30.7 Å². The zero-order valence-corrected chi connectivity index (χ0v) is 24.5. The number of anilines is 4. The van der Waals surface area contributed by atoms with E-state index >= 15 is 0 Å². The van der Waals surface area contributed by atoms with Crippen LogP contribution in [0.15, 0.2) is 59.0 Å². The second-order valence-corrected chi connectivity index (χ2v) is 12.5. The lowest BCUT2D eigenvalue weighted by Crippen LogP contribution is -2.20. The van der Waals surface area contributed by atoms with E-state index in [1.165, 1.54) is 7.11 Å². The predicted molar refractivity (Wildman–Crippen MR) is 158 cm³/mol. The number of rotatable bonds is 8. The highest BCUT2D eigenvalue weighted by Gasteiger charge is 2.26. The molecule has 1 aliphatic heterocycles. The third kappa shape index (κ3) is 6.50. The van der Waals surface area contributed by atoms with Crippen LogP contribution in [0.2, 0.25) is 0 Å². The van der Waals surface area contributed by atoms with E-state index in [9.17, 15) is 13.2 Å². The summed E-state index contributed by atoms with van der Waals surface area (Å²) < 4.78 is 32.1. The molecule has 212 valence electrons. The van der Waals surface area contributed by atoms with Crippen molar-refractivity contribution < 1.29 is 17.9 Å². The largest absolute Gasteiger partial charge is 0.492 e. The molecule has 1 aromatic heterocycles. The van der Waals surface area contributed by atoms with Gasteiger partial charge in [0.15, 0.2) is 5.75 Å². The lowest BCUT2D eigenvalue weighted by Gasteiger charge is -2.24. The Morgan fingerprint density at radius 3 is 2.42 bits per heavy atom. The molecule has 1 amide bonds. The number of aromatic nitrogens is 1. The summed E-state index contributed by atoms with van der Waals surface area (Å²) in [7, 11) is -0.352. The number of nitrogens with zero attached hydrogens (tertiary/aromatic N) is 4. The smallest absolute Gasteiger partial charge is 0.255 e. The van der Waals surface area contributed by atoms with Crippen LogP contribution in [0.25, 0.3) is 0 Å². The first-order valence-electron chi connectivity index (χ1n) is 12.7. The van der Waals surface area contributed by atoms with Crippen LogP contribution in [0.4, 0.5) is 22.9 Å². The second-order valence-electron chi connectivity index (χ2n) is 10.7. The molecule has 40 heavy (non-hydrogen) atoms.